The third kappa shape index (κ3) is 4.53. The van der Waals surface area contributed by atoms with Crippen molar-refractivity contribution in [2.24, 2.45) is 5.73 Å². The van der Waals surface area contributed by atoms with Gasteiger partial charge in [-0.05, 0) is 56.3 Å². The van der Waals surface area contributed by atoms with Gasteiger partial charge in [0.15, 0.2) is 0 Å². The highest BCUT2D eigenvalue weighted by Crippen LogP contribution is 2.35. The lowest BCUT2D eigenvalue weighted by atomic mass is 9.78. The van der Waals surface area contributed by atoms with E-state index >= 15 is 0 Å². The van der Waals surface area contributed by atoms with Crippen molar-refractivity contribution in [3.05, 3.63) is 35.4 Å². The van der Waals surface area contributed by atoms with E-state index in [1.807, 2.05) is 6.07 Å². The normalized spacial score (nSPS) is 20.9. The number of ether oxygens (including phenoxy) is 1. The second-order valence-electron chi connectivity index (χ2n) is 6.32. The van der Waals surface area contributed by atoms with E-state index in [1.54, 1.807) is 25.3 Å². The van der Waals surface area contributed by atoms with Crippen LogP contribution in [0.1, 0.15) is 54.4 Å². The van der Waals surface area contributed by atoms with Gasteiger partial charge in [-0.2, -0.15) is 0 Å². The summed E-state index contributed by atoms with van der Waals surface area (Å²) in [5, 5.41) is 14.9. The van der Waals surface area contributed by atoms with Crippen LogP contribution < -0.4 is 11.1 Å². The number of unbranched alkanes of at least 4 members (excludes halogenated alkanes) is 1. The number of aliphatic hydroxyl groups is 1. The van der Waals surface area contributed by atoms with Crippen molar-refractivity contribution >= 4 is 5.91 Å². The number of hydrogen-bond acceptors (Lipinski definition) is 4. The minimum absolute atomic E-state index is 0.00178. The fourth-order valence-corrected chi connectivity index (χ4v) is 3.36. The van der Waals surface area contributed by atoms with Crippen molar-refractivity contribution in [3.8, 4) is 0 Å². The highest BCUT2D eigenvalue weighted by atomic mass is 16.5. The number of primary amides is 1. The SMILES string of the molecule is COCCCC[C@](O)(c1cccc(C(N)=O)c1)C1CCCCN1. The highest BCUT2D eigenvalue weighted by Gasteiger charge is 2.38. The van der Waals surface area contributed by atoms with Crippen LogP contribution in [0, 0.1) is 0 Å². The van der Waals surface area contributed by atoms with Crippen LogP contribution in [0.15, 0.2) is 24.3 Å². The Labute approximate surface area is 138 Å². The first-order valence-corrected chi connectivity index (χ1v) is 8.43. The first-order valence-electron chi connectivity index (χ1n) is 8.43. The maximum Gasteiger partial charge on any atom is 0.248 e. The largest absolute Gasteiger partial charge is 0.385 e. The highest BCUT2D eigenvalue weighted by molar-refractivity contribution is 5.92. The number of piperidine rings is 1. The van der Waals surface area contributed by atoms with Crippen molar-refractivity contribution in [2.75, 3.05) is 20.3 Å². The minimum Gasteiger partial charge on any atom is -0.385 e. The fraction of sp³-hybridized carbons (Fsp3) is 0.611. The van der Waals surface area contributed by atoms with E-state index < -0.39 is 11.5 Å². The van der Waals surface area contributed by atoms with E-state index in [4.69, 9.17) is 10.5 Å². The van der Waals surface area contributed by atoms with Crippen LogP contribution in [-0.4, -0.2) is 37.3 Å². The smallest absolute Gasteiger partial charge is 0.248 e. The molecule has 0 radical (unpaired) electrons. The summed E-state index contributed by atoms with van der Waals surface area (Å²) in [7, 11) is 1.69. The molecule has 5 heteroatoms. The Morgan fingerprint density at radius 3 is 2.91 bits per heavy atom. The summed E-state index contributed by atoms with van der Waals surface area (Å²) in [5.74, 6) is -0.467. The number of hydrogen-bond donors (Lipinski definition) is 3. The molecule has 128 valence electrons. The number of amides is 1. The topological polar surface area (TPSA) is 84.6 Å². The maximum atomic E-state index is 11.5. The molecule has 0 saturated carbocycles. The van der Waals surface area contributed by atoms with Crippen molar-refractivity contribution in [1.82, 2.24) is 5.32 Å². The van der Waals surface area contributed by atoms with Crippen LogP contribution in [0.3, 0.4) is 0 Å². The predicted octanol–water partition coefficient (Wildman–Crippen LogP) is 1.93. The Morgan fingerprint density at radius 2 is 2.26 bits per heavy atom. The van der Waals surface area contributed by atoms with E-state index in [9.17, 15) is 9.90 Å². The van der Waals surface area contributed by atoms with Crippen LogP contribution in [0.2, 0.25) is 0 Å². The summed E-state index contributed by atoms with van der Waals surface area (Å²) in [4.78, 5) is 11.5. The molecule has 5 nitrogen and oxygen atoms in total. The number of nitrogens with one attached hydrogen (secondary N) is 1. The van der Waals surface area contributed by atoms with Crippen LogP contribution in [0.25, 0.3) is 0 Å². The lowest BCUT2D eigenvalue weighted by Gasteiger charge is -2.40. The number of methoxy groups -OCH3 is 1. The molecular weight excluding hydrogens is 292 g/mol. The minimum atomic E-state index is -0.986. The molecule has 0 aromatic heterocycles. The lowest BCUT2D eigenvalue weighted by Crippen LogP contribution is -2.51. The first kappa shape index (κ1) is 17.9. The number of nitrogens with two attached hydrogens (primary N) is 1. The summed E-state index contributed by atoms with van der Waals surface area (Å²) >= 11 is 0. The first-order chi connectivity index (χ1) is 11.1. The fourth-order valence-electron chi connectivity index (χ4n) is 3.36. The molecule has 23 heavy (non-hydrogen) atoms. The van der Waals surface area contributed by atoms with Crippen molar-refractivity contribution < 1.29 is 14.6 Å². The molecule has 2 rings (SSSR count). The zero-order chi connectivity index (χ0) is 16.7. The Bertz CT molecular complexity index is 515. The Balaban J connectivity index is 2.24. The summed E-state index contributed by atoms with van der Waals surface area (Å²) in [5.41, 5.74) is 5.61. The molecule has 0 bridgehead atoms. The molecule has 1 heterocycles. The van der Waals surface area contributed by atoms with Crippen LogP contribution in [0.4, 0.5) is 0 Å². The quantitative estimate of drug-likeness (QED) is 0.639. The zero-order valence-electron chi connectivity index (χ0n) is 13.9. The summed E-state index contributed by atoms with van der Waals surface area (Å²) in [6.45, 7) is 1.61. The summed E-state index contributed by atoms with van der Waals surface area (Å²) in [6, 6.07) is 7.10. The predicted molar refractivity (Wildman–Crippen MR) is 90.2 cm³/mol. The Hall–Kier alpha value is -1.43. The van der Waals surface area contributed by atoms with E-state index in [0.717, 1.165) is 44.2 Å². The zero-order valence-corrected chi connectivity index (χ0v) is 13.9. The molecule has 2 atom stereocenters. The maximum absolute atomic E-state index is 11.5. The van der Waals surface area contributed by atoms with E-state index in [1.165, 1.54) is 0 Å². The number of carbonyl (C=O) groups is 1. The average molecular weight is 320 g/mol. The van der Waals surface area contributed by atoms with Gasteiger partial charge in [-0.3, -0.25) is 4.79 Å². The van der Waals surface area contributed by atoms with Gasteiger partial charge < -0.3 is 20.9 Å². The third-order valence-corrected chi connectivity index (χ3v) is 4.69. The van der Waals surface area contributed by atoms with Crippen molar-refractivity contribution in [2.45, 2.75) is 50.2 Å². The van der Waals surface area contributed by atoms with Crippen LogP contribution >= 0.6 is 0 Å². The van der Waals surface area contributed by atoms with Crippen LogP contribution in [-0.2, 0) is 10.3 Å². The molecule has 0 aliphatic carbocycles. The second-order valence-corrected chi connectivity index (χ2v) is 6.32. The van der Waals surface area contributed by atoms with E-state index in [-0.39, 0.29) is 6.04 Å². The van der Waals surface area contributed by atoms with Gasteiger partial charge in [-0.25, -0.2) is 0 Å². The average Bonchev–Trinajstić information content (AvgIpc) is 2.59. The molecule has 1 saturated heterocycles. The van der Waals surface area contributed by atoms with Gasteiger partial charge >= 0.3 is 0 Å². The molecule has 0 spiro atoms. The van der Waals surface area contributed by atoms with Gasteiger partial charge in [-0.1, -0.05) is 18.6 Å². The molecule has 1 aromatic carbocycles. The van der Waals surface area contributed by atoms with E-state index in [2.05, 4.69) is 5.32 Å². The van der Waals surface area contributed by atoms with Gasteiger partial charge in [0, 0.05) is 25.3 Å². The Morgan fingerprint density at radius 1 is 1.43 bits per heavy atom. The Kier molecular flexibility index (Phi) is 6.57. The second kappa shape index (κ2) is 8.43. The molecule has 1 unspecified atom stereocenters. The lowest BCUT2D eigenvalue weighted by molar-refractivity contribution is -0.0231. The summed E-state index contributed by atoms with van der Waals surface area (Å²) in [6.07, 6.45) is 5.58. The van der Waals surface area contributed by atoms with Gasteiger partial charge in [0.2, 0.25) is 5.91 Å². The number of benzene rings is 1. The molecule has 4 N–H and O–H groups in total. The van der Waals surface area contributed by atoms with Crippen LogP contribution in [0.5, 0.6) is 0 Å². The van der Waals surface area contributed by atoms with Gasteiger partial charge in [0.1, 0.15) is 5.60 Å². The third-order valence-electron chi connectivity index (χ3n) is 4.69. The molecular formula is C18H28N2O3. The van der Waals surface area contributed by atoms with Gasteiger partial charge in [0.25, 0.3) is 0 Å². The molecule has 1 aliphatic rings. The molecule has 1 amide bonds. The molecule has 1 aromatic rings. The van der Waals surface area contributed by atoms with Crippen molar-refractivity contribution in [1.29, 1.82) is 0 Å². The van der Waals surface area contributed by atoms with E-state index in [0.29, 0.717) is 18.6 Å². The number of carbonyl (C=O) groups excluding carboxylic acids is 1. The molecule has 1 aliphatic heterocycles. The van der Waals surface area contributed by atoms with Crippen molar-refractivity contribution in [3.63, 3.8) is 0 Å². The number of rotatable bonds is 8. The molecule has 1 fully saturated rings. The van der Waals surface area contributed by atoms with Gasteiger partial charge in [-0.15, -0.1) is 0 Å². The summed E-state index contributed by atoms with van der Waals surface area (Å²) < 4.78 is 5.10. The monoisotopic (exact) mass is 320 g/mol. The standard InChI is InChI=1S/C18H28N2O3/c1-23-12-5-3-10-18(22,16-9-2-4-11-20-16)15-8-6-7-14(13-15)17(19)21/h6-8,13,16,20,22H,2-5,9-12H2,1H3,(H2,19,21)/t16?,18-/m0/s1. The van der Waals surface area contributed by atoms with Gasteiger partial charge in [0.05, 0.1) is 0 Å².